The minimum absolute atomic E-state index is 0.00791. The zero-order valence-corrected chi connectivity index (χ0v) is 24.1. The highest BCUT2D eigenvalue weighted by Crippen LogP contribution is 2.20. The van der Waals surface area contributed by atoms with Crippen molar-refractivity contribution in [3.05, 3.63) is 106 Å². The van der Waals surface area contributed by atoms with Crippen LogP contribution in [0.4, 0.5) is 8.78 Å². The second-order valence-corrected chi connectivity index (χ2v) is 11.2. The SMILES string of the molecule is CCc1cccc(CN(CC(O)C(N)Cc2cc(F)cc(F)c2)C(=O)c2cc(C)cc(C(=O)N3CCCC(O)C3)c2)c1. The Morgan fingerprint density at radius 2 is 1.71 bits per heavy atom. The minimum Gasteiger partial charge on any atom is -0.391 e. The molecule has 9 heteroatoms. The van der Waals surface area contributed by atoms with Crippen LogP contribution >= 0.6 is 0 Å². The number of likely N-dealkylation sites (tertiary alicyclic amines) is 1. The van der Waals surface area contributed by atoms with Crippen molar-refractivity contribution in [1.29, 1.82) is 0 Å². The molecule has 0 bridgehead atoms. The Morgan fingerprint density at radius 1 is 1.02 bits per heavy atom. The van der Waals surface area contributed by atoms with Crippen LogP contribution in [0.1, 0.15) is 62.7 Å². The number of halogens is 2. The molecule has 2 amide bonds. The molecule has 1 heterocycles. The fourth-order valence-corrected chi connectivity index (χ4v) is 5.42. The van der Waals surface area contributed by atoms with Crippen molar-refractivity contribution < 1.29 is 28.6 Å². The highest BCUT2D eigenvalue weighted by atomic mass is 19.1. The van der Waals surface area contributed by atoms with Gasteiger partial charge in [-0.2, -0.15) is 0 Å². The number of aliphatic hydroxyl groups is 2. The van der Waals surface area contributed by atoms with E-state index in [-0.39, 0.29) is 37.5 Å². The van der Waals surface area contributed by atoms with Gasteiger partial charge in [-0.25, -0.2) is 8.78 Å². The van der Waals surface area contributed by atoms with E-state index < -0.39 is 35.8 Å². The summed E-state index contributed by atoms with van der Waals surface area (Å²) in [6.07, 6.45) is 0.402. The summed E-state index contributed by atoms with van der Waals surface area (Å²) in [4.78, 5) is 30.3. The van der Waals surface area contributed by atoms with Crippen molar-refractivity contribution in [3.63, 3.8) is 0 Å². The van der Waals surface area contributed by atoms with Gasteiger partial charge in [0, 0.05) is 49.4 Å². The molecule has 0 spiro atoms. The van der Waals surface area contributed by atoms with Gasteiger partial charge in [0.1, 0.15) is 11.6 Å². The third kappa shape index (κ3) is 8.21. The predicted octanol–water partition coefficient (Wildman–Crippen LogP) is 4.01. The molecule has 1 saturated heterocycles. The van der Waals surface area contributed by atoms with Crippen LogP contribution in [0, 0.1) is 18.6 Å². The molecule has 3 unspecified atom stereocenters. The zero-order valence-electron chi connectivity index (χ0n) is 24.1. The Labute approximate surface area is 245 Å². The maximum absolute atomic E-state index is 14.0. The van der Waals surface area contributed by atoms with Crippen molar-refractivity contribution in [2.45, 2.75) is 64.3 Å². The number of rotatable bonds is 10. The normalized spacial score (nSPS) is 16.6. The van der Waals surface area contributed by atoms with Crippen molar-refractivity contribution in [2.24, 2.45) is 5.73 Å². The Morgan fingerprint density at radius 3 is 2.40 bits per heavy atom. The first-order valence-electron chi connectivity index (χ1n) is 14.4. The van der Waals surface area contributed by atoms with E-state index >= 15 is 0 Å². The van der Waals surface area contributed by atoms with Crippen molar-refractivity contribution in [2.75, 3.05) is 19.6 Å². The number of aryl methyl sites for hydroxylation is 2. The second-order valence-electron chi connectivity index (χ2n) is 11.2. The minimum atomic E-state index is -1.20. The van der Waals surface area contributed by atoms with Crippen LogP contribution in [0.25, 0.3) is 0 Å². The number of aliphatic hydroxyl groups excluding tert-OH is 2. The average Bonchev–Trinajstić information content (AvgIpc) is 2.95. The number of carbonyl (C=O) groups is 2. The molecule has 0 aromatic heterocycles. The molecule has 3 atom stereocenters. The topological polar surface area (TPSA) is 107 Å². The molecule has 0 radical (unpaired) electrons. The molecular weight excluding hydrogens is 540 g/mol. The summed E-state index contributed by atoms with van der Waals surface area (Å²) >= 11 is 0. The van der Waals surface area contributed by atoms with E-state index in [0.29, 0.717) is 30.5 Å². The van der Waals surface area contributed by atoms with E-state index in [1.165, 1.54) is 17.0 Å². The third-order valence-corrected chi connectivity index (χ3v) is 7.61. The number of hydrogen-bond donors (Lipinski definition) is 3. The lowest BCUT2D eigenvalue weighted by atomic mass is 10.00. The standard InChI is InChI=1S/C33H39F2N3O4/c1-3-22-6-4-7-23(12-22)18-38(20-31(40)30(36)15-24-13-27(34)17-28(35)14-24)33(42)26-11-21(2)10-25(16-26)32(41)37-9-5-8-29(39)19-37/h4,6-7,10-14,16-17,29-31,39-40H,3,5,8-9,15,18-20,36H2,1-2H3. The van der Waals surface area contributed by atoms with Gasteiger partial charge in [-0.15, -0.1) is 0 Å². The smallest absolute Gasteiger partial charge is 0.254 e. The first-order valence-corrected chi connectivity index (χ1v) is 14.4. The molecule has 224 valence electrons. The Bertz CT molecular complexity index is 1400. The van der Waals surface area contributed by atoms with Gasteiger partial charge in [0.25, 0.3) is 11.8 Å². The molecular formula is C33H39F2N3O4. The van der Waals surface area contributed by atoms with E-state index in [1.54, 1.807) is 30.0 Å². The predicted molar refractivity (Wildman–Crippen MR) is 157 cm³/mol. The fraction of sp³-hybridized carbons (Fsp3) is 0.394. The van der Waals surface area contributed by atoms with Crippen molar-refractivity contribution >= 4 is 11.8 Å². The van der Waals surface area contributed by atoms with E-state index in [2.05, 4.69) is 0 Å². The van der Waals surface area contributed by atoms with Gasteiger partial charge >= 0.3 is 0 Å². The lowest BCUT2D eigenvalue weighted by molar-refractivity contribution is 0.0473. The summed E-state index contributed by atoms with van der Waals surface area (Å²) < 4.78 is 27.4. The Balaban J connectivity index is 1.59. The number of carbonyl (C=O) groups excluding carboxylic acids is 2. The Kier molecular flexibility index (Phi) is 10.4. The summed E-state index contributed by atoms with van der Waals surface area (Å²) in [7, 11) is 0. The summed E-state index contributed by atoms with van der Waals surface area (Å²) in [5.41, 5.74) is 9.88. The first-order chi connectivity index (χ1) is 20.0. The molecule has 0 aliphatic carbocycles. The fourth-order valence-electron chi connectivity index (χ4n) is 5.42. The lowest BCUT2D eigenvalue weighted by Gasteiger charge is -2.31. The molecule has 42 heavy (non-hydrogen) atoms. The number of nitrogens with zero attached hydrogens (tertiary/aromatic N) is 2. The monoisotopic (exact) mass is 579 g/mol. The van der Waals surface area contributed by atoms with Gasteiger partial charge < -0.3 is 25.7 Å². The molecule has 1 fully saturated rings. The van der Waals surface area contributed by atoms with Crippen LogP contribution in [0.2, 0.25) is 0 Å². The van der Waals surface area contributed by atoms with Gasteiger partial charge in [0.15, 0.2) is 0 Å². The molecule has 4 rings (SSSR count). The summed E-state index contributed by atoms with van der Waals surface area (Å²) in [5.74, 6) is -2.11. The maximum Gasteiger partial charge on any atom is 0.254 e. The van der Waals surface area contributed by atoms with Crippen LogP contribution in [0.15, 0.2) is 60.7 Å². The van der Waals surface area contributed by atoms with Crippen LogP contribution < -0.4 is 5.73 Å². The van der Waals surface area contributed by atoms with E-state index in [4.69, 9.17) is 5.73 Å². The number of amides is 2. The van der Waals surface area contributed by atoms with Crippen LogP contribution in [0.3, 0.4) is 0 Å². The molecule has 1 aliphatic rings. The van der Waals surface area contributed by atoms with Crippen LogP contribution in [-0.4, -0.2) is 69.7 Å². The molecule has 0 saturated carbocycles. The molecule has 3 aromatic rings. The number of piperidine rings is 1. The van der Waals surface area contributed by atoms with Crippen LogP contribution in [-0.2, 0) is 19.4 Å². The molecule has 7 nitrogen and oxygen atoms in total. The number of hydrogen-bond acceptors (Lipinski definition) is 5. The van der Waals surface area contributed by atoms with Crippen molar-refractivity contribution in [3.8, 4) is 0 Å². The number of benzene rings is 3. The van der Waals surface area contributed by atoms with Gasteiger partial charge in [-0.1, -0.05) is 31.2 Å². The van der Waals surface area contributed by atoms with Gasteiger partial charge in [0.2, 0.25) is 0 Å². The summed E-state index contributed by atoms with van der Waals surface area (Å²) in [5, 5.41) is 21.1. The van der Waals surface area contributed by atoms with E-state index in [0.717, 1.165) is 29.2 Å². The lowest BCUT2D eigenvalue weighted by Crippen LogP contribution is -2.46. The second kappa shape index (κ2) is 14.0. The third-order valence-electron chi connectivity index (χ3n) is 7.61. The van der Waals surface area contributed by atoms with Gasteiger partial charge in [-0.3, -0.25) is 9.59 Å². The van der Waals surface area contributed by atoms with Crippen LogP contribution in [0.5, 0.6) is 0 Å². The Hall–Kier alpha value is -3.66. The van der Waals surface area contributed by atoms with Gasteiger partial charge in [0.05, 0.1) is 12.2 Å². The maximum atomic E-state index is 14.0. The van der Waals surface area contributed by atoms with E-state index in [9.17, 15) is 28.6 Å². The van der Waals surface area contributed by atoms with E-state index in [1.807, 2.05) is 31.2 Å². The highest BCUT2D eigenvalue weighted by molar-refractivity contribution is 6.00. The molecule has 3 aromatic carbocycles. The number of β-amino-alcohol motifs (C(OH)–C–C–N with tert-alkyl or cyclic N) is 1. The zero-order chi connectivity index (χ0) is 30.4. The first kappa shape index (κ1) is 31.3. The average molecular weight is 580 g/mol. The summed E-state index contributed by atoms with van der Waals surface area (Å²) in [6, 6.07) is 15.0. The highest BCUT2D eigenvalue weighted by Gasteiger charge is 2.27. The van der Waals surface area contributed by atoms with Gasteiger partial charge in [-0.05, 0) is 85.2 Å². The number of nitrogens with two attached hydrogens (primary N) is 1. The quantitative estimate of drug-likeness (QED) is 0.337. The molecule has 1 aliphatic heterocycles. The van der Waals surface area contributed by atoms with Crippen molar-refractivity contribution in [1.82, 2.24) is 9.80 Å². The largest absolute Gasteiger partial charge is 0.391 e. The molecule has 4 N–H and O–H groups in total. The summed E-state index contributed by atoms with van der Waals surface area (Å²) in [6.45, 7) is 4.66.